The third-order valence-electron chi connectivity index (χ3n) is 14.7. The first-order chi connectivity index (χ1) is 34.5. The normalized spacial score (nSPS) is 12.7. The zero-order valence-corrected chi connectivity index (χ0v) is 47.3. The summed E-state index contributed by atoms with van der Waals surface area (Å²) in [4.78, 5) is 24.6. The van der Waals surface area contributed by atoms with Gasteiger partial charge in [0.1, 0.15) is 0 Å². The minimum atomic E-state index is -0.673. The van der Waals surface area contributed by atoms with E-state index < -0.39 is 12.1 Å². The fraction of sp³-hybridized carbons (Fsp3) is 0.906. The minimum Gasteiger partial charge on any atom is -0.466 e. The largest absolute Gasteiger partial charge is 0.466 e. The van der Waals surface area contributed by atoms with Crippen LogP contribution in [-0.2, 0) is 14.3 Å². The molecule has 0 fully saturated rings. The number of amides is 1. The number of aliphatic hydroxyl groups excluding tert-OH is 2. The molecule has 0 saturated carbocycles. The molecule has 0 spiro atoms. The number of hydrogen-bond donors (Lipinski definition) is 3. The Hall–Kier alpha value is -1.66. The van der Waals surface area contributed by atoms with E-state index in [9.17, 15) is 19.8 Å². The lowest BCUT2D eigenvalue weighted by Gasteiger charge is -2.22. The first-order valence-electron chi connectivity index (χ1n) is 31.6. The molecule has 0 aliphatic heterocycles. The molecule has 0 heterocycles. The van der Waals surface area contributed by atoms with Crippen LogP contribution in [-0.4, -0.2) is 47.4 Å². The van der Waals surface area contributed by atoms with Crippen molar-refractivity contribution in [2.24, 2.45) is 0 Å². The van der Waals surface area contributed by atoms with Gasteiger partial charge in [-0.2, -0.15) is 0 Å². The van der Waals surface area contributed by atoms with Crippen LogP contribution in [0.3, 0.4) is 0 Å². The van der Waals surface area contributed by atoms with E-state index in [1.807, 2.05) is 0 Å². The molecule has 0 bridgehead atoms. The van der Waals surface area contributed by atoms with Crippen molar-refractivity contribution in [3.05, 3.63) is 24.3 Å². The highest BCUT2D eigenvalue weighted by atomic mass is 16.5. The van der Waals surface area contributed by atoms with E-state index in [0.29, 0.717) is 25.9 Å². The van der Waals surface area contributed by atoms with Crippen molar-refractivity contribution >= 4 is 11.9 Å². The molecule has 70 heavy (non-hydrogen) atoms. The van der Waals surface area contributed by atoms with E-state index in [2.05, 4.69) is 43.5 Å². The van der Waals surface area contributed by atoms with Gasteiger partial charge in [0.2, 0.25) is 5.91 Å². The standard InChI is InChI=1S/C64H123NO5/c1-3-5-7-9-11-13-15-17-19-21-22-26-30-34-38-42-46-50-54-58-64(69)70-59-55-51-47-43-39-35-31-27-24-23-25-29-33-37-41-45-49-53-57-63(68)65-61(60-66)62(67)56-52-48-44-40-36-32-28-20-18-16-14-12-10-8-6-4-2/h17,19,25,29,61-62,66-67H,3-16,18,20-24,26-28,30-60H2,1-2H3,(H,65,68)/b19-17-,29-25-. The summed E-state index contributed by atoms with van der Waals surface area (Å²) in [5.74, 6) is -0.0440. The van der Waals surface area contributed by atoms with Gasteiger partial charge in [0, 0.05) is 12.8 Å². The molecule has 2 atom stereocenters. The van der Waals surface area contributed by atoms with Crippen LogP contribution in [0.15, 0.2) is 24.3 Å². The van der Waals surface area contributed by atoms with Gasteiger partial charge in [0.15, 0.2) is 0 Å². The fourth-order valence-electron chi connectivity index (χ4n) is 9.87. The summed E-state index contributed by atoms with van der Waals surface area (Å²) in [6.07, 6.45) is 73.3. The lowest BCUT2D eigenvalue weighted by Crippen LogP contribution is -2.45. The van der Waals surface area contributed by atoms with Crippen molar-refractivity contribution in [1.82, 2.24) is 5.32 Å². The average Bonchev–Trinajstić information content (AvgIpc) is 3.36. The van der Waals surface area contributed by atoms with Gasteiger partial charge in [-0.15, -0.1) is 0 Å². The molecule has 1 amide bonds. The third-order valence-corrected chi connectivity index (χ3v) is 14.7. The summed E-state index contributed by atoms with van der Waals surface area (Å²) in [6.45, 7) is 4.96. The van der Waals surface area contributed by atoms with Gasteiger partial charge < -0.3 is 20.3 Å². The smallest absolute Gasteiger partial charge is 0.305 e. The van der Waals surface area contributed by atoms with E-state index in [0.717, 1.165) is 57.8 Å². The first-order valence-corrected chi connectivity index (χ1v) is 31.6. The summed E-state index contributed by atoms with van der Waals surface area (Å²) in [7, 11) is 0. The quantitative estimate of drug-likeness (QED) is 0.0321. The Labute approximate surface area is 437 Å². The molecule has 6 nitrogen and oxygen atoms in total. The van der Waals surface area contributed by atoms with Crippen LogP contribution in [0.25, 0.3) is 0 Å². The Morgan fingerprint density at radius 2 is 0.671 bits per heavy atom. The molecule has 6 heteroatoms. The van der Waals surface area contributed by atoms with E-state index in [1.165, 1.54) is 257 Å². The van der Waals surface area contributed by atoms with Crippen molar-refractivity contribution < 1.29 is 24.5 Å². The molecule has 0 radical (unpaired) electrons. The molecule has 0 aromatic heterocycles. The number of unbranched alkanes of at least 4 members (excludes halogenated alkanes) is 44. The Balaban J connectivity index is 3.42. The molecule has 0 rings (SSSR count). The van der Waals surface area contributed by atoms with E-state index in [4.69, 9.17) is 4.74 Å². The minimum absolute atomic E-state index is 0.00315. The van der Waals surface area contributed by atoms with E-state index in [1.54, 1.807) is 0 Å². The molecular weight excluding hydrogens is 863 g/mol. The number of ether oxygens (including phenoxy) is 1. The highest BCUT2D eigenvalue weighted by Crippen LogP contribution is 2.17. The summed E-state index contributed by atoms with van der Waals surface area (Å²) in [5.41, 5.74) is 0. The maximum Gasteiger partial charge on any atom is 0.305 e. The molecule has 0 aromatic rings. The van der Waals surface area contributed by atoms with Gasteiger partial charge in [0.05, 0.1) is 25.4 Å². The monoisotopic (exact) mass is 986 g/mol. The maximum atomic E-state index is 12.5. The van der Waals surface area contributed by atoms with E-state index in [-0.39, 0.29) is 18.5 Å². The van der Waals surface area contributed by atoms with Crippen molar-refractivity contribution in [1.29, 1.82) is 0 Å². The number of rotatable bonds is 59. The zero-order chi connectivity index (χ0) is 50.7. The topological polar surface area (TPSA) is 95.9 Å². The average molecular weight is 987 g/mol. The fourth-order valence-corrected chi connectivity index (χ4v) is 9.87. The molecule has 3 N–H and O–H groups in total. The summed E-state index contributed by atoms with van der Waals surface area (Å²) in [5, 5.41) is 23.3. The second kappa shape index (κ2) is 59.9. The van der Waals surface area contributed by atoms with Crippen LogP contribution < -0.4 is 5.32 Å². The highest BCUT2D eigenvalue weighted by Gasteiger charge is 2.20. The third kappa shape index (κ3) is 55.7. The van der Waals surface area contributed by atoms with Crippen LogP contribution in [0, 0.1) is 0 Å². The molecule has 0 aromatic carbocycles. The SMILES string of the molecule is CCCCCCCC/C=C\CCCCCCCCCCCC(=O)OCCCCCCCCCCC/C=C\CCCCCCCC(=O)NC(CO)C(O)CCCCCCCCCCCCCCCCCC. The Morgan fingerprint density at radius 3 is 1.01 bits per heavy atom. The number of allylic oxidation sites excluding steroid dienone is 4. The second-order valence-electron chi connectivity index (χ2n) is 21.7. The van der Waals surface area contributed by atoms with Crippen LogP contribution in [0.4, 0.5) is 0 Å². The van der Waals surface area contributed by atoms with Crippen molar-refractivity contribution in [2.75, 3.05) is 13.2 Å². The number of carbonyl (C=O) groups is 2. The molecule has 2 unspecified atom stereocenters. The zero-order valence-electron chi connectivity index (χ0n) is 47.3. The van der Waals surface area contributed by atoms with Gasteiger partial charge in [-0.3, -0.25) is 9.59 Å². The Kier molecular flexibility index (Phi) is 58.5. The van der Waals surface area contributed by atoms with Crippen molar-refractivity contribution in [2.45, 2.75) is 360 Å². The van der Waals surface area contributed by atoms with Gasteiger partial charge in [0.25, 0.3) is 0 Å². The summed E-state index contributed by atoms with van der Waals surface area (Å²) in [6, 6.07) is -0.552. The Bertz CT molecular complexity index is 1090. The first kappa shape index (κ1) is 68.3. The molecule has 0 aliphatic rings. The number of aliphatic hydroxyl groups is 2. The van der Waals surface area contributed by atoms with Gasteiger partial charge in [-0.25, -0.2) is 0 Å². The second-order valence-corrected chi connectivity index (χ2v) is 21.7. The van der Waals surface area contributed by atoms with Crippen molar-refractivity contribution in [3.63, 3.8) is 0 Å². The Morgan fingerprint density at radius 1 is 0.386 bits per heavy atom. The van der Waals surface area contributed by atoms with Crippen LogP contribution >= 0.6 is 0 Å². The van der Waals surface area contributed by atoms with Crippen LogP contribution in [0.5, 0.6) is 0 Å². The summed E-state index contributed by atoms with van der Waals surface area (Å²) >= 11 is 0. The summed E-state index contributed by atoms with van der Waals surface area (Å²) < 4.78 is 5.49. The molecule has 0 saturated heterocycles. The molecule has 414 valence electrons. The molecular formula is C64H123NO5. The van der Waals surface area contributed by atoms with Gasteiger partial charge in [-0.1, -0.05) is 282 Å². The number of carbonyl (C=O) groups excluding carboxylic acids is 2. The highest BCUT2D eigenvalue weighted by molar-refractivity contribution is 5.76. The predicted octanol–water partition coefficient (Wildman–Crippen LogP) is 19.8. The number of hydrogen-bond acceptors (Lipinski definition) is 5. The van der Waals surface area contributed by atoms with E-state index >= 15 is 0 Å². The van der Waals surface area contributed by atoms with Crippen molar-refractivity contribution in [3.8, 4) is 0 Å². The molecule has 0 aliphatic carbocycles. The van der Waals surface area contributed by atoms with Gasteiger partial charge in [-0.05, 0) is 77.0 Å². The number of esters is 1. The van der Waals surface area contributed by atoms with Crippen LogP contribution in [0.1, 0.15) is 348 Å². The van der Waals surface area contributed by atoms with Crippen LogP contribution in [0.2, 0.25) is 0 Å². The lowest BCUT2D eigenvalue weighted by molar-refractivity contribution is -0.143. The maximum absolute atomic E-state index is 12.5. The lowest BCUT2D eigenvalue weighted by atomic mass is 10.0. The predicted molar refractivity (Wildman–Crippen MR) is 306 cm³/mol. The number of nitrogens with one attached hydrogen (secondary N) is 1. The van der Waals surface area contributed by atoms with Gasteiger partial charge >= 0.3 is 5.97 Å².